The third kappa shape index (κ3) is 4.12. The third-order valence-corrected chi connectivity index (χ3v) is 5.04. The van der Waals surface area contributed by atoms with Crippen molar-refractivity contribution < 1.29 is 27.5 Å². The summed E-state index contributed by atoms with van der Waals surface area (Å²) in [6, 6.07) is 2.79. The van der Waals surface area contributed by atoms with Crippen LogP contribution in [0.3, 0.4) is 0 Å². The van der Waals surface area contributed by atoms with Gasteiger partial charge < -0.3 is 15.0 Å². The molecule has 0 saturated carbocycles. The van der Waals surface area contributed by atoms with Crippen LogP contribution in [0, 0.1) is 5.92 Å². The normalized spacial score (nSPS) is 21.9. The fourth-order valence-corrected chi connectivity index (χ4v) is 3.45. The number of hydrogen-bond acceptors (Lipinski definition) is 3. The zero-order chi connectivity index (χ0) is 18.9. The molecule has 0 aliphatic carbocycles. The molecule has 0 bridgehead atoms. The average Bonchev–Trinajstić information content (AvgIpc) is 2.98. The lowest BCUT2D eigenvalue weighted by Crippen LogP contribution is -2.41. The molecule has 0 spiro atoms. The third-order valence-electron chi connectivity index (χ3n) is 4.71. The first-order chi connectivity index (χ1) is 12.3. The zero-order valence-corrected chi connectivity index (χ0v) is 14.6. The first-order valence-corrected chi connectivity index (χ1v) is 8.68. The largest absolute Gasteiger partial charge is 0.416 e. The number of hydrogen-bond donors (Lipinski definition) is 1. The highest BCUT2D eigenvalue weighted by Gasteiger charge is 2.38. The van der Waals surface area contributed by atoms with E-state index in [-0.39, 0.29) is 35.6 Å². The van der Waals surface area contributed by atoms with Crippen molar-refractivity contribution in [1.82, 2.24) is 4.90 Å². The number of likely N-dealkylation sites (tertiary alicyclic amines) is 1. The summed E-state index contributed by atoms with van der Waals surface area (Å²) in [7, 11) is 0. The van der Waals surface area contributed by atoms with E-state index in [9.17, 15) is 22.8 Å². The first kappa shape index (κ1) is 19.0. The molecule has 2 amide bonds. The maximum Gasteiger partial charge on any atom is 0.416 e. The molecular weight excluding hydrogens is 373 g/mol. The molecule has 1 unspecified atom stereocenters. The molecule has 2 heterocycles. The number of alkyl halides is 3. The van der Waals surface area contributed by atoms with Crippen LogP contribution in [0.5, 0.6) is 0 Å². The summed E-state index contributed by atoms with van der Waals surface area (Å²) >= 11 is 5.90. The Hall–Kier alpha value is -1.80. The van der Waals surface area contributed by atoms with Gasteiger partial charge in [0.1, 0.15) is 0 Å². The van der Waals surface area contributed by atoms with E-state index in [2.05, 4.69) is 5.32 Å². The lowest BCUT2D eigenvalue weighted by Gasteiger charge is -2.31. The first-order valence-electron chi connectivity index (χ1n) is 8.30. The van der Waals surface area contributed by atoms with Gasteiger partial charge in [0.25, 0.3) is 0 Å². The Kier molecular flexibility index (Phi) is 5.43. The van der Waals surface area contributed by atoms with Gasteiger partial charge >= 0.3 is 6.18 Å². The molecule has 2 aliphatic rings. The van der Waals surface area contributed by atoms with Crippen molar-refractivity contribution in [3.05, 3.63) is 28.8 Å². The van der Waals surface area contributed by atoms with Gasteiger partial charge in [-0.25, -0.2) is 0 Å². The number of carbonyl (C=O) groups excluding carboxylic acids is 2. The maximum atomic E-state index is 12.8. The summed E-state index contributed by atoms with van der Waals surface area (Å²) in [4.78, 5) is 26.4. The molecule has 9 heteroatoms. The molecule has 5 nitrogen and oxygen atoms in total. The van der Waals surface area contributed by atoms with Crippen LogP contribution in [0.4, 0.5) is 18.9 Å². The van der Waals surface area contributed by atoms with E-state index in [0.717, 1.165) is 31.0 Å². The number of rotatable bonds is 3. The fraction of sp³-hybridized carbons (Fsp3) is 0.529. The second kappa shape index (κ2) is 7.44. The van der Waals surface area contributed by atoms with Crippen molar-refractivity contribution in [1.29, 1.82) is 0 Å². The molecule has 1 aromatic carbocycles. The number of amides is 2. The second-order valence-electron chi connectivity index (χ2n) is 6.47. The number of benzene rings is 1. The average molecular weight is 391 g/mol. The molecule has 1 atom stereocenters. The summed E-state index contributed by atoms with van der Waals surface area (Å²) in [6.45, 7) is 1.40. The Bertz CT molecular complexity index is 705. The van der Waals surface area contributed by atoms with Crippen molar-refractivity contribution >= 4 is 29.1 Å². The van der Waals surface area contributed by atoms with Crippen LogP contribution >= 0.6 is 11.6 Å². The SMILES string of the molecule is O=C(Nc1cc(C(F)(F)F)ccc1Cl)C1CC(=O)N(C2CCOCC2)C1. The Morgan fingerprint density at radius 1 is 1.27 bits per heavy atom. The van der Waals surface area contributed by atoms with Crippen LogP contribution in [-0.2, 0) is 20.5 Å². The van der Waals surface area contributed by atoms with E-state index in [0.29, 0.717) is 13.2 Å². The predicted molar refractivity (Wildman–Crippen MR) is 88.7 cm³/mol. The van der Waals surface area contributed by atoms with Crippen molar-refractivity contribution in [2.75, 3.05) is 25.1 Å². The molecule has 142 valence electrons. The van der Waals surface area contributed by atoms with Gasteiger partial charge in [0, 0.05) is 32.2 Å². The zero-order valence-electron chi connectivity index (χ0n) is 13.8. The van der Waals surface area contributed by atoms with Crippen LogP contribution in [-0.4, -0.2) is 42.5 Å². The Morgan fingerprint density at radius 2 is 1.96 bits per heavy atom. The van der Waals surface area contributed by atoms with Crippen LogP contribution < -0.4 is 5.32 Å². The topological polar surface area (TPSA) is 58.6 Å². The van der Waals surface area contributed by atoms with Gasteiger partial charge in [0.15, 0.2) is 0 Å². The highest BCUT2D eigenvalue weighted by molar-refractivity contribution is 6.33. The van der Waals surface area contributed by atoms with Gasteiger partial charge in [0.05, 0.1) is 22.2 Å². The lowest BCUT2D eigenvalue weighted by molar-refractivity contribution is -0.137. The number of ether oxygens (including phenoxy) is 1. The second-order valence-corrected chi connectivity index (χ2v) is 6.88. The van der Waals surface area contributed by atoms with Crippen molar-refractivity contribution in [3.63, 3.8) is 0 Å². The van der Waals surface area contributed by atoms with E-state index in [4.69, 9.17) is 16.3 Å². The molecule has 1 aromatic rings. The fourth-order valence-electron chi connectivity index (χ4n) is 3.29. The monoisotopic (exact) mass is 390 g/mol. The molecule has 0 aromatic heterocycles. The summed E-state index contributed by atoms with van der Waals surface area (Å²) in [5.41, 5.74) is -1.01. The van der Waals surface area contributed by atoms with Crippen LogP contribution in [0.1, 0.15) is 24.8 Å². The van der Waals surface area contributed by atoms with E-state index in [1.165, 1.54) is 0 Å². The smallest absolute Gasteiger partial charge is 0.381 e. The molecule has 2 aliphatic heterocycles. The number of nitrogens with one attached hydrogen (secondary N) is 1. The highest BCUT2D eigenvalue weighted by Crippen LogP contribution is 2.34. The van der Waals surface area contributed by atoms with Crippen LogP contribution in [0.15, 0.2) is 18.2 Å². The van der Waals surface area contributed by atoms with E-state index in [1.807, 2.05) is 0 Å². The minimum atomic E-state index is -4.53. The number of halogens is 4. The standard InChI is InChI=1S/C17H18ClF3N2O3/c18-13-2-1-11(17(19,20)21)8-14(13)22-16(25)10-7-15(24)23(9-10)12-3-5-26-6-4-12/h1-2,8,10,12H,3-7,9H2,(H,22,25). The maximum absolute atomic E-state index is 12.8. The molecule has 0 radical (unpaired) electrons. The lowest BCUT2D eigenvalue weighted by atomic mass is 10.1. The van der Waals surface area contributed by atoms with E-state index in [1.54, 1.807) is 4.90 Å². The minimum Gasteiger partial charge on any atom is -0.381 e. The Morgan fingerprint density at radius 3 is 2.62 bits per heavy atom. The van der Waals surface area contributed by atoms with Crippen molar-refractivity contribution in [3.8, 4) is 0 Å². The summed E-state index contributed by atoms with van der Waals surface area (Å²) in [5.74, 6) is -1.24. The van der Waals surface area contributed by atoms with Crippen molar-refractivity contribution in [2.24, 2.45) is 5.92 Å². The molecule has 1 N–H and O–H groups in total. The van der Waals surface area contributed by atoms with Gasteiger partial charge in [-0.1, -0.05) is 11.6 Å². The molecule has 26 heavy (non-hydrogen) atoms. The Labute approximate surface area is 153 Å². The van der Waals surface area contributed by atoms with Gasteiger partial charge in [-0.3, -0.25) is 9.59 Å². The minimum absolute atomic E-state index is 0.0111. The van der Waals surface area contributed by atoms with Crippen LogP contribution in [0.25, 0.3) is 0 Å². The van der Waals surface area contributed by atoms with Gasteiger partial charge in [0.2, 0.25) is 11.8 Å². The number of anilines is 1. The van der Waals surface area contributed by atoms with E-state index >= 15 is 0 Å². The summed E-state index contributed by atoms with van der Waals surface area (Å²) in [5, 5.41) is 2.45. The number of carbonyl (C=O) groups is 2. The number of nitrogens with zero attached hydrogens (tertiary/aromatic N) is 1. The highest BCUT2D eigenvalue weighted by atomic mass is 35.5. The van der Waals surface area contributed by atoms with Crippen molar-refractivity contribution in [2.45, 2.75) is 31.5 Å². The van der Waals surface area contributed by atoms with E-state index < -0.39 is 23.6 Å². The molecule has 2 saturated heterocycles. The van der Waals surface area contributed by atoms with Gasteiger partial charge in [-0.05, 0) is 31.0 Å². The van der Waals surface area contributed by atoms with Crippen LogP contribution in [0.2, 0.25) is 5.02 Å². The van der Waals surface area contributed by atoms with Gasteiger partial charge in [-0.15, -0.1) is 0 Å². The van der Waals surface area contributed by atoms with Gasteiger partial charge in [-0.2, -0.15) is 13.2 Å². The molecule has 2 fully saturated rings. The summed E-state index contributed by atoms with van der Waals surface area (Å²) in [6.07, 6.45) is -3.05. The quantitative estimate of drug-likeness (QED) is 0.861. The Balaban J connectivity index is 1.68. The predicted octanol–water partition coefficient (Wildman–Crippen LogP) is 3.32. The summed E-state index contributed by atoms with van der Waals surface area (Å²) < 4.78 is 43.8. The molecule has 3 rings (SSSR count). The molecular formula is C17H18ClF3N2O3.